The van der Waals surface area contributed by atoms with E-state index in [0.29, 0.717) is 6.54 Å². The molecule has 0 fully saturated rings. The maximum atomic E-state index is 5.65. The lowest BCUT2D eigenvalue weighted by atomic mass is 10.1. The largest absolute Gasteiger partial charge is 0.372 e. The minimum atomic E-state index is 0.631. The molecule has 0 spiro atoms. The van der Waals surface area contributed by atoms with E-state index in [1.54, 1.807) is 0 Å². The van der Waals surface area contributed by atoms with Crippen LogP contribution in [-0.4, -0.2) is 13.1 Å². The Morgan fingerprint density at radius 2 is 2.00 bits per heavy atom. The Morgan fingerprint density at radius 1 is 1.27 bits per heavy atom. The van der Waals surface area contributed by atoms with Gasteiger partial charge in [0.15, 0.2) is 0 Å². The fraction of sp³-hybridized carbons (Fsp3) is 0.538. The van der Waals surface area contributed by atoms with E-state index < -0.39 is 0 Å². The van der Waals surface area contributed by atoms with Crippen LogP contribution in [0.2, 0.25) is 0 Å². The highest BCUT2D eigenvalue weighted by atomic mass is 15.1. The second-order valence-electron chi connectivity index (χ2n) is 3.89. The van der Waals surface area contributed by atoms with Crippen LogP contribution < -0.4 is 10.6 Å². The molecule has 2 N–H and O–H groups in total. The van der Waals surface area contributed by atoms with Crippen LogP contribution in [0.25, 0.3) is 0 Å². The van der Waals surface area contributed by atoms with Gasteiger partial charge >= 0.3 is 0 Å². The molecule has 0 saturated heterocycles. The summed E-state index contributed by atoms with van der Waals surface area (Å²) in [6.45, 7) is 9.36. The Morgan fingerprint density at radius 3 is 2.47 bits per heavy atom. The number of anilines is 1. The van der Waals surface area contributed by atoms with Gasteiger partial charge in [-0.15, -0.1) is 0 Å². The summed E-state index contributed by atoms with van der Waals surface area (Å²) in [5.41, 5.74) is 9.51. The third-order valence-electron chi connectivity index (χ3n) is 2.79. The zero-order valence-electron chi connectivity index (χ0n) is 10.1. The van der Waals surface area contributed by atoms with Crippen molar-refractivity contribution in [1.82, 2.24) is 0 Å². The number of aryl methyl sites for hydroxylation is 1. The first-order valence-corrected chi connectivity index (χ1v) is 5.77. The average Bonchev–Trinajstić information content (AvgIpc) is 2.25. The fourth-order valence-corrected chi connectivity index (χ4v) is 1.85. The van der Waals surface area contributed by atoms with E-state index >= 15 is 0 Å². The van der Waals surface area contributed by atoms with Crippen molar-refractivity contribution in [3.8, 4) is 0 Å². The Kier molecular flexibility index (Phi) is 4.63. The van der Waals surface area contributed by atoms with Crippen molar-refractivity contribution in [2.24, 2.45) is 5.73 Å². The quantitative estimate of drug-likeness (QED) is 0.802. The van der Waals surface area contributed by atoms with Gasteiger partial charge in [-0.2, -0.15) is 0 Å². The van der Waals surface area contributed by atoms with Crippen LogP contribution in [0.15, 0.2) is 18.2 Å². The molecule has 0 amide bonds. The molecule has 1 aromatic rings. The Labute approximate surface area is 93.1 Å². The van der Waals surface area contributed by atoms with Gasteiger partial charge in [-0.05, 0) is 43.5 Å². The van der Waals surface area contributed by atoms with Crippen LogP contribution in [0.5, 0.6) is 0 Å². The Balaban J connectivity index is 2.89. The maximum absolute atomic E-state index is 5.65. The van der Waals surface area contributed by atoms with E-state index in [9.17, 15) is 0 Å². The predicted molar refractivity (Wildman–Crippen MR) is 67.2 cm³/mol. The maximum Gasteiger partial charge on any atom is 0.0368 e. The van der Waals surface area contributed by atoms with Crippen LogP contribution in [0, 0.1) is 6.92 Å². The zero-order valence-corrected chi connectivity index (χ0v) is 10.1. The summed E-state index contributed by atoms with van der Waals surface area (Å²) in [7, 11) is 0. The van der Waals surface area contributed by atoms with E-state index in [-0.39, 0.29) is 0 Å². The molecule has 0 aliphatic carbocycles. The molecule has 0 saturated carbocycles. The minimum absolute atomic E-state index is 0.631. The summed E-state index contributed by atoms with van der Waals surface area (Å²) in [6, 6.07) is 6.55. The van der Waals surface area contributed by atoms with Gasteiger partial charge in [-0.3, -0.25) is 0 Å². The van der Waals surface area contributed by atoms with E-state index in [0.717, 1.165) is 13.1 Å². The van der Waals surface area contributed by atoms with Crippen molar-refractivity contribution in [3.63, 3.8) is 0 Å². The van der Waals surface area contributed by atoms with Crippen molar-refractivity contribution in [2.75, 3.05) is 18.0 Å². The monoisotopic (exact) mass is 206 g/mol. The minimum Gasteiger partial charge on any atom is -0.372 e. The van der Waals surface area contributed by atoms with Crippen LogP contribution in [0.4, 0.5) is 5.69 Å². The molecule has 0 unspecified atom stereocenters. The summed E-state index contributed by atoms with van der Waals surface area (Å²) >= 11 is 0. The van der Waals surface area contributed by atoms with E-state index in [2.05, 4.69) is 43.9 Å². The second kappa shape index (κ2) is 5.76. The third-order valence-corrected chi connectivity index (χ3v) is 2.79. The molecular formula is C13H22N2. The summed E-state index contributed by atoms with van der Waals surface area (Å²) in [4.78, 5) is 2.40. The van der Waals surface area contributed by atoms with Crippen LogP contribution in [-0.2, 0) is 6.54 Å². The van der Waals surface area contributed by atoms with Gasteiger partial charge in [-0.25, -0.2) is 0 Å². The number of hydrogen-bond acceptors (Lipinski definition) is 2. The third kappa shape index (κ3) is 2.96. The van der Waals surface area contributed by atoms with Crippen molar-refractivity contribution in [1.29, 1.82) is 0 Å². The van der Waals surface area contributed by atoms with E-state index in [1.807, 2.05) is 0 Å². The molecule has 0 bridgehead atoms. The van der Waals surface area contributed by atoms with Gasteiger partial charge in [0.1, 0.15) is 0 Å². The van der Waals surface area contributed by atoms with Crippen LogP contribution >= 0.6 is 0 Å². The number of nitrogens with two attached hydrogens (primary N) is 1. The standard InChI is InChI=1S/C13H22N2/c1-4-8-15(5-2)13-7-6-12(10-14)11(3)9-13/h6-7,9H,4-5,8,10,14H2,1-3H3. The first-order chi connectivity index (χ1) is 7.22. The highest BCUT2D eigenvalue weighted by molar-refractivity contribution is 5.50. The first kappa shape index (κ1) is 12.1. The molecular weight excluding hydrogens is 184 g/mol. The van der Waals surface area contributed by atoms with Gasteiger partial charge in [0.05, 0.1) is 0 Å². The molecule has 0 heterocycles. The summed E-state index contributed by atoms with van der Waals surface area (Å²) in [5, 5.41) is 0. The summed E-state index contributed by atoms with van der Waals surface area (Å²) in [6.07, 6.45) is 1.19. The molecule has 84 valence electrons. The molecule has 0 aromatic heterocycles. The van der Waals surface area contributed by atoms with Crippen molar-refractivity contribution < 1.29 is 0 Å². The number of nitrogens with zero attached hydrogens (tertiary/aromatic N) is 1. The Hall–Kier alpha value is -1.02. The predicted octanol–water partition coefficient (Wildman–Crippen LogP) is 2.69. The van der Waals surface area contributed by atoms with E-state index in [1.165, 1.54) is 23.2 Å². The lowest BCUT2D eigenvalue weighted by Gasteiger charge is -2.23. The van der Waals surface area contributed by atoms with E-state index in [4.69, 9.17) is 5.73 Å². The first-order valence-electron chi connectivity index (χ1n) is 5.77. The normalized spacial score (nSPS) is 10.4. The van der Waals surface area contributed by atoms with Crippen molar-refractivity contribution >= 4 is 5.69 Å². The van der Waals surface area contributed by atoms with Crippen LogP contribution in [0.3, 0.4) is 0 Å². The highest BCUT2D eigenvalue weighted by Gasteiger charge is 2.04. The van der Waals surface area contributed by atoms with Gasteiger partial charge in [0.25, 0.3) is 0 Å². The topological polar surface area (TPSA) is 29.3 Å². The molecule has 0 aliphatic heterocycles. The zero-order chi connectivity index (χ0) is 11.3. The molecule has 2 nitrogen and oxygen atoms in total. The Bertz CT molecular complexity index is 307. The van der Waals surface area contributed by atoms with Gasteiger partial charge < -0.3 is 10.6 Å². The molecule has 1 rings (SSSR count). The number of rotatable bonds is 5. The molecule has 2 heteroatoms. The van der Waals surface area contributed by atoms with Crippen molar-refractivity contribution in [2.45, 2.75) is 33.7 Å². The van der Waals surface area contributed by atoms with Gasteiger partial charge in [-0.1, -0.05) is 13.0 Å². The SMILES string of the molecule is CCCN(CC)c1ccc(CN)c(C)c1. The highest BCUT2D eigenvalue weighted by Crippen LogP contribution is 2.19. The molecule has 0 aliphatic rings. The number of benzene rings is 1. The van der Waals surface area contributed by atoms with Gasteiger partial charge in [0.2, 0.25) is 0 Å². The van der Waals surface area contributed by atoms with Crippen LogP contribution in [0.1, 0.15) is 31.4 Å². The smallest absolute Gasteiger partial charge is 0.0368 e. The fourth-order valence-electron chi connectivity index (χ4n) is 1.85. The molecule has 15 heavy (non-hydrogen) atoms. The van der Waals surface area contributed by atoms with Crippen molar-refractivity contribution in [3.05, 3.63) is 29.3 Å². The lowest BCUT2D eigenvalue weighted by Crippen LogP contribution is -2.23. The second-order valence-corrected chi connectivity index (χ2v) is 3.89. The lowest BCUT2D eigenvalue weighted by molar-refractivity contribution is 0.791. The number of hydrogen-bond donors (Lipinski definition) is 1. The average molecular weight is 206 g/mol. The van der Waals surface area contributed by atoms with Gasteiger partial charge in [0, 0.05) is 25.3 Å². The summed E-state index contributed by atoms with van der Waals surface area (Å²) in [5.74, 6) is 0. The summed E-state index contributed by atoms with van der Waals surface area (Å²) < 4.78 is 0. The molecule has 0 atom stereocenters. The molecule has 0 radical (unpaired) electrons. The molecule has 1 aromatic carbocycles.